The molecule has 2 aromatic heterocycles. The predicted molar refractivity (Wildman–Crippen MR) is 93.6 cm³/mol. The number of esters is 1. The summed E-state index contributed by atoms with van der Waals surface area (Å²) in [6, 6.07) is 5.77. The average molecular weight is 341 g/mol. The normalized spacial score (nSPS) is 22.1. The van der Waals surface area contributed by atoms with E-state index in [2.05, 4.69) is 20.7 Å². The van der Waals surface area contributed by atoms with E-state index in [-0.39, 0.29) is 17.5 Å². The number of nitrogens with one attached hydrogen (secondary N) is 2. The van der Waals surface area contributed by atoms with Gasteiger partial charge in [0.25, 0.3) is 0 Å². The molecule has 132 valence electrons. The summed E-state index contributed by atoms with van der Waals surface area (Å²) >= 11 is 0. The molecule has 0 amide bonds. The molecule has 0 saturated carbocycles. The van der Waals surface area contributed by atoms with Gasteiger partial charge in [-0.3, -0.25) is 4.79 Å². The maximum Gasteiger partial charge on any atom is 0.312 e. The van der Waals surface area contributed by atoms with E-state index in [0.29, 0.717) is 6.54 Å². The number of pyridine rings is 1. The number of ether oxygens (including phenoxy) is 1. The summed E-state index contributed by atoms with van der Waals surface area (Å²) in [5.74, 6) is 1.49. The standard InChI is InChI=1S/C18H23N5O2/c1-13-10-21-23(12-13)16-4-2-3-15(22-16)20-11-14-9-18(17(24)25-14)5-7-19-8-6-18/h2-4,10,12,14,19H,5-9,11H2,1H3,(H,20,22). The van der Waals surface area contributed by atoms with Gasteiger partial charge in [0.1, 0.15) is 11.9 Å². The summed E-state index contributed by atoms with van der Waals surface area (Å²) in [4.78, 5) is 16.9. The lowest BCUT2D eigenvalue weighted by Crippen LogP contribution is -2.39. The number of carbonyl (C=O) groups excluding carboxylic acids is 1. The second kappa shape index (κ2) is 6.48. The quantitative estimate of drug-likeness (QED) is 0.824. The summed E-state index contributed by atoms with van der Waals surface area (Å²) in [5.41, 5.74) is 0.810. The summed E-state index contributed by atoms with van der Waals surface area (Å²) in [6.07, 6.45) is 6.18. The topological polar surface area (TPSA) is 81.1 Å². The van der Waals surface area contributed by atoms with Crippen molar-refractivity contribution in [1.29, 1.82) is 0 Å². The fourth-order valence-corrected chi connectivity index (χ4v) is 3.67. The number of aromatic nitrogens is 3. The van der Waals surface area contributed by atoms with Crippen molar-refractivity contribution in [3.63, 3.8) is 0 Å². The Kier molecular flexibility index (Phi) is 4.17. The molecular weight excluding hydrogens is 318 g/mol. The van der Waals surface area contributed by atoms with Crippen LogP contribution < -0.4 is 10.6 Å². The molecule has 2 saturated heterocycles. The van der Waals surface area contributed by atoms with Gasteiger partial charge in [-0.05, 0) is 50.6 Å². The third kappa shape index (κ3) is 3.24. The van der Waals surface area contributed by atoms with Crippen LogP contribution in [-0.2, 0) is 9.53 Å². The molecule has 25 heavy (non-hydrogen) atoms. The minimum absolute atomic E-state index is 0.0328. The molecule has 0 aromatic carbocycles. The summed E-state index contributed by atoms with van der Waals surface area (Å²) in [5, 5.41) is 10.9. The number of nitrogens with zero attached hydrogens (tertiary/aromatic N) is 3. The molecule has 2 aliphatic heterocycles. The number of carbonyl (C=O) groups is 1. The van der Waals surface area contributed by atoms with Gasteiger partial charge in [0.15, 0.2) is 5.82 Å². The molecular formula is C18H23N5O2. The van der Waals surface area contributed by atoms with Crippen molar-refractivity contribution < 1.29 is 9.53 Å². The van der Waals surface area contributed by atoms with Gasteiger partial charge < -0.3 is 15.4 Å². The van der Waals surface area contributed by atoms with E-state index in [1.807, 2.05) is 31.3 Å². The number of anilines is 1. The van der Waals surface area contributed by atoms with Gasteiger partial charge in [-0.2, -0.15) is 5.10 Å². The first kappa shape index (κ1) is 16.1. The van der Waals surface area contributed by atoms with E-state index in [9.17, 15) is 4.79 Å². The van der Waals surface area contributed by atoms with Crippen molar-refractivity contribution in [2.75, 3.05) is 25.0 Å². The predicted octanol–water partition coefficient (Wildman–Crippen LogP) is 1.67. The van der Waals surface area contributed by atoms with Crippen LogP contribution in [0.25, 0.3) is 5.82 Å². The van der Waals surface area contributed by atoms with Crippen molar-refractivity contribution in [2.45, 2.75) is 32.3 Å². The zero-order valence-corrected chi connectivity index (χ0v) is 14.4. The maximum absolute atomic E-state index is 12.3. The number of piperidine rings is 1. The molecule has 7 heteroatoms. The highest BCUT2D eigenvalue weighted by molar-refractivity contribution is 5.79. The van der Waals surface area contributed by atoms with Crippen molar-refractivity contribution in [3.8, 4) is 5.82 Å². The Morgan fingerprint density at radius 3 is 3.00 bits per heavy atom. The van der Waals surface area contributed by atoms with Crippen molar-refractivity contribution in [3.05, 3.63) is 36.2 Å². The third-order valence-corrected chi connectivity index (χ3v) is 5.08. The van der Waals surface area contributed by atoms with Gasteiger partial charge in [-0.15, -0.1) is 0 Å². The fraction of sp³-hybridized carbons (Fsp3) is 0.500. The van der Waals surface area contributed by atoms with E-state index in [4.69, 9.17) is 4.74 Å². The van der Waals surface area contributed by atoms with Crippen LogP contribution in [0.15, 0.2) is 30.6 Å². The fourth-order valence-electron chi connectivity index (χ4n) is 3.67. The molecule has 0 bridgehead atoms. The second-order valence-corrected chi connectivity index (χ2v) is 6.99. The summed E-state index contributed by atoms with van der Waals surface area (Å²) in [7, 11) is 0. The van der Waals surface area contributed by atoms with E-state index in [1.165, 1.54) is 0 Å². The van der Waals surface area contributed by atoms with Crippen LogP contribution in [0.4, 0.5) is 5.82 Å². The van der Waals surface area contributed by atoms with Gasteiger partial charge in [0, 0.05) is 12.6 Å². The molecule has 4 heterocycles. The highest BCUT2D eigenvalue weighted by Crippen LogP contribution is 2.41. The lowest BCUT2D eigenvalue weighted by Gasteiger charge is -2.29. The first-order chi connectivity index (χ1) is 12.1. The Hall–Kier alpha value is -2.41. The smallest absolute Gasteiger partial charge is 0.312 e. The van der Waals surface area contributed by atoms with Gasteiger partial charge in [0.2, 0.25) is 0 Å². The van der Waals surface area contributed by atoms with Gasteiger partial charge in [-0.1, -0.05) is 6.07 Å². The van der Waals surface area contributed by atoms with Crippen LogP contribution in [0.2, 0.25) is 0 Å². The van der Waals surface area contributed by atoms with Crippen molar-refractivity contribution in [1.82, 2.24) is 20.1 Å². The third-order valence-electron chi connectivity index (χ3n) is 5.08. The van der Waals surface area contributed by atoms with E-state index in [0.717, 1.165) is 49.6 Å². The minimum atomic E-state index is -0.278. The Bertz CT molecular complexity index is 766. The second-order valence-electron chi connectivity index (χ2n) is 6.99. The molecule has 2 N–H and O–H groups in total. The highest BCUT2D eigenvalue weighted by Gasteiger charge is 2.49. The Morgan fingerprint density at radius 1 is 1.40 bits per heavy atom. The minimum Gasteiger partial charge on any atom is -0.460 e. The van der Waals surface area contributed by atoms with Crippen LogP contribution in [0.5, 0.6) is 0 Å². The number of rotatable bonds is 4. The first-order valence-electron chi connectivity index (χ1n) is 8.79. The van der Waals surface area contributed by atoms with Crippen LogP contribution >= 0.6 is 0 Å². The maximum atomic E-state index is 12.3. The van der Waals surface area contributed by atoms with E-state index < -0.39 is 0 Å². The Labute approximate surface area is 146 Å². The van der Waals surface area contributed by atoms with Gasteiger partial charge in [0.05, 0.1) is 18.2 Å². The van der Waals surface area contributed by atoms with E-state index in [1.54, 1.807) is 10.9 Å². The van der Waals surface area contributed by atoms with Crippen LogP contribution in [-0.4, -0.2) is 46.5 Å². The average Bonchev–Trinajstić information content (AvgIpc) is 3.19. The zero-order chi connectivity index (χ0) is 17.3. The first-order valence-corrected chi connectivity index (χ1v) is 8.79. The Balaban J connectivity index is 1.40. The van der Waals surface area contributed by atoms with Crippen LogP contribution in [0.3, 0.4) is 0 Å². The molecule has 2 aromatic rings. The highest BCUT2D eigenvalue weighted by atomic mass is 16.6. The largest absolute Gasteiger partial charge is 0.460 e. The molecule has 0 aliphatic carbocycles. The van der Waals surface area contributed by atoms with Crippen LogP contribution in [0, 0.1) is 12.3 Å². The summed E-state index contributed by atoms with van der Waals surface area (Å²) < 4.78 is 7.37. The number of hydrogen-bond acceptors (Lipinski definition) is 6. The molecule has 2 aliphatic rings. The molecule has 1 atom stereocenters. The van der Waals surface area contributed by atoms with Gasteiger partial charge in [-0.25, -0.2) is 9.67 Å². The monoisotopic (exact) mass is 341 g/mol. The number of hydrogen-bond donors (Lipinski definition) is 2. The lowest BCUT2D eigenvalue weighted by molar-refractivity contribution is -0.149. The van der Waals surface area contributed by atoms with Crippen molar-refractivity contribution >= 4 is 11.8 Å². The SMILES string of the molecule is Cc1cnn(-c2cccc(NCC3CC4(CCNCC4)C(=O)O3)n2)c1. The summed E-state index contributed by atoms with van der Waals surface area (Å²) in [6.45, 7) is 4.36. The van der Waals surface area contributed by atoms with Crippen molar-refractivity contribution in [2.24, 2.45) is 5.41 Å². The van der Waals surface area contributed by atoms with Gasteiger partial charge >= 0.3 is 5.97 Å². The zero-order valence-electron chi connectivity index (χ0n) is 14.4. The van der Waals surface area contributed by atoms with Crippen LogP contribution in [0.1, 0.15) is 24.8 Å². The van der Waals surface area contributed by atoms with E-state index >= 15 is 0 Å². The molecule has 4 rings (SSSR count). The number of aryl methyl sites for hydroxylation is 1. The number of cyclic esters (lactones) is 1. The molecule has 7 nitrogen and oxygen atoms in total. The molecule has 0 radical (unpaired) electrons. The Morgan fingerprint density at radius 2 is 2.24 bits per heavy atom. The molecule has 1 unspecified atom stereocenters. The molecule has 2 fully saturated rings. The lowest BCUT2D eigenvalue weighted by atomic mass is 9.76. The molecule has 1 spiro atoms.